The van der Waals surface area contributed by atoms with Crippen LogP contribution in [0.3, 0.4) is 0 Å². The highest BCUT2D eigenvalue weighted by Gasteiger charge is 2.11. The highest BCUT2D eigenvalue weighted by Crippen LogP contribution is 2.35. The molecule has 1 heterocycles. The van der Waals surface area contributed by atoms with Gasteiger partial charge in [0.25, 0.3) is 0 Å². The van der Waals surface area contributed by atoms with E-state index >= 15 is 0 Å². The van der Waals surface area contributed by atoms with E-state index in [0.29, 0.717) is 16.7 Å². The topological polar surface area (TPSA) is 31.4 Å². The monoisotopic (exact) mass is 299 g/mol. The van der Waals surface area contributed by atoms with Gasteiger partial charge in [-0.15, -0.1) is 0 Å². The van der Waals surface area contributed by atoms with Crippen molar-refractivity contribution in [1.82, 2.24) is 4.98 Å². The Hall–Kier alpha value is -2.26. The lowest BCUT2D eigenvalue weighted by atomic mass is 10.1. The van der Waals surface area contributed by atoms with Gasteiger partial charge in [-0.1, -0.05) is 41.9 Å². The van der Waals surface area contributed by atoms with Crippen LogP contribution in [-0.4, -0.2) is 19.2 Å². The molecule has 21 heavy (non-hydrogen) atoms. The van der Waals surface area contributed by atoms with Gasteiger partial charge in [0.05, 0.1) is 19.7 Å². The molecule has 0 spiro atoms. The summed E-state index contributed by atoms with van der Waals surface area (Å²) < 4.78 is 10.6. The molecule has 0 aliphatic rings. The van der Waals surface area contributed by atoms with Crippen molar-refractivity contribution in [2.45, 2.75) is 0 Å². The third-order valence-electron chi connectivity index (χ3n) is 3.36. The molecular formula is C17H14ClNO2. The average Bonchev–Trinajstić information content (AvgIpc) is 2.53. The number of hydrogen-bond acceptors (Lipinski definition) is 3. The summed E-state index contributed by atoms with van der Waals surface area (Å²) >= 11 is 6.32. The predicted octanol–water partition coefficient (Wildman–Crippen LogP) is 4.57. The van der Waals surface area contributed by atoms with Crippen LogP contribution >= 0.6 is 11.6 Å². The van der Waals surface area contributed by atoms with Gasteiger partial charge in [-0.3, -0.25) is 0 Å². The molecular weight excluding hydrogens is 286 g/mol. The largest absolute Gasteiger partial charge is 0.493 e. The Morgan fingerprint density at radius 2 is 1.57 bits per heavy atom. The number of benzene rings is 2. The van der Waals surface area contributed by atoms with Crippen molar-refractivity contribution >= 4 is 22.5 Å². The quantitative estimate of drug-likeness (QED) is 0.664. The first kappa shape index (κ1) is 13.7. The second kappa shape index (κ2) is 5.62. The van der Waals surface area contributed by atoms with Crippen molar-refractivity contribution in [3.63, 3.8) is 0 Å². The minimum Gasteiger partial charge on any atom is -0.493 e. The zero-order chi connectivity index (χ0) is 14.8. The van der Waals surface area contributed by atoms with Gasteiger partial charge in [0.15, 0.2) is 11.5 Å². The van der Waals surface area contributed by atoms with Crippen LogP contribution in [0.1, 0.15) is 0 Å². The molecule has 0 aliphatic carbocycles. The highest BCUT2D eigenvalue weighted by atomic mass is 35.5. The molecule has 0 amide bonds. The normalized spacial score (nSPS) is 10.6. The van der Waals surface area contributed by atoms with E-state index in [4.69, 9.17) is 21.1 Å². The maximum absolute atomic E-state index is 6.32. The molecule has 3 aromatic rings. The van der Waals surface area contributed by atoms with Gasteiger partial charge in [0.2, 0.25) is 0 Å². The van der Waals surface area contributed by atoms with E-state index in [0.717, 1.165) is 22.0 Å². The maximum Gasteiger partial charge on any atom is 0.162 e. The second-order valence-electron chi connectivity index (χ2n) is 4.59. The molecule has 0 aliphatic heterocycles. The van der Waals surface area contributed by atoms with Crippen molar-refractivity contribution in [2.75, 3.05) is 14.2 Å². The SMILES string of the molecule is COc1cc2cc(-c3ccccc3)c(Cl)nc2cc1OC. The number of rotatable bonds is 3. The lowest BCUT2D eigenvalue weighted by Gasteiger charge is -2.11. The predicted molar refractivity (Wildman–Crippen MR) is 85.3 cm³/mol. The number of halogens is 1. The average molecular weight is 300 g/mol. The van der Waals surface area contributed by atoms with Crippen molar-refractivity contribution in [3.05, 3.63) is 53.7 Å². The summed E-state index contributed by atoms with van der Waals surface area (Å²) in [6.45, 7) is 0. The number of ether oxygens (including phenoxy) is 2. The molecule has 3 rings (SSSR count). The number of aromatic nitrogens is 1. The summed E-state index contributed by atoms with van der Waals surface area (Å²) in [5.74, 6) is 1.31. The van der Waals surface area contributed by atoms with E-state index in [9.17, 15) is 0 Å². The van der Waals surface area contributed by atoms with E-state index in [1.165, 1.54) is 0 Å². The number of methoxy groups -OCH3 is 2. The first-order chi connectivity index (χ1) is 10.2. The van der Waals surface area contributed by atoms with Crippen LogP contribution in [0.2, 0.25) is 5.15 Å². The summed E-state index contributed by atoms with van der Waals surface area (Å²) in [6.07, 6.45) is 0. The van der Waals surface area contributed by atoms with Crippen molar-refractivity contribution in [2.24, 2.45) is 0 Å². The van der Waals surface area contributed by atoms with Crippen LogP contribution in [0, 0.1) is 0 Å². The van der Waals surface area contributed by atoms with Crippen LogP contribution in [0.4, 0.5) is 0 Å². The van der Waals surface area contributed by atoms with Crippen LogP contribution in [0.15, 0.2) is 48.5 Å². The fourth-order valence-corrected chi connectivity index (χ4v) is 2.55. The number of fused-ring (bicyclic) bond motifs is 1. The molecule has 1 aromatic heterocycles. The molecule has 0 radical (unpaired) electrons. The molecule has 0 saturated carbocycles. The highest BCUT2D eigenvalue weighted by molar-refractivity contribution is 6.32. The maximum atomic E-state index is 6.32. The third kappa shape index (κ3) is 2.52. The van der Waals surface area contributed by atoms with Gasteiger partial charge in [-0.2, -0.15) is 0 Å². The van der Waals surface area contributed by atoms with Crippen LogP contribution < -0.4 is 9.47 Å². The van der Waals surface area contributed by atoms with Crippen LogP contribution in [0.5, 0.6) is 11.5 Å². The fourth-order valence-electron chi connectivity index (χ4n) is 2.30. The number of nitrogens with zero attached hydrogens (tertiary/aromatic N) is 1. The zero-order valence-corrected chi connectivity index (χ0v) is 12.5. The minimum absolute atomic E-state index is 0.473. The third-order valence-corrected chi connectivity index (χ3v) is 3.65. The summed E-state index contributed by atoms with van der Waals surface area (Å²) in [4.78, 5) is 4.47. The van der Waals surface area contributed by atoms with E-state index in [-0.39, 0.29) is 0 Å². The van der Waals surface area contributed by atoms with Crippen LogP contribution in [0.25, 0.3) is 22.0 Å². The van der Waals surface area contributed by atoms with E-state index in [1.807, 2.05) is 48.5 Å². The Balaban J connectivity index is 2.23. The van der Waals surface area contributed by atoms with Gasteiger partial charge in [0, 0.05) is 17.0 Å². The first-order valence-corrected chi connectivity index (χ1v) is 6.88. The molecule has 0 N–H and O–H groups in total. The molecule has 0 saturated heterocycles. The fraction of sp³-hybridized carbons (Fsp3) is 0.118. The Bertz CT molecular complexity index is 788. The Morgan fingerprint density at radius 3 is 2.24 bits per heavy atom. The summed E-state index contributed by atoms with van der Waals surface area (Å²) in [5, 5.41) is 1.43. The van der Waals surface area contributed by atoms with Gasteiger partial charge in [-0.25, -0.2) is 4.98 Å². The minimum atomic E-state index is 0.473. The molecule has 2 aromatic carbocycles. The van der Waals surface area contributed by atoms with Crippen molar-refractivity contribution < 1.29 is 9.47 Å². The van der Waals surface area contributed by atoms with Crippen molar-refractivity contribution in [3.8, 4) is 22.6 Å². The molecule has 0 bridgehead atoms. The van der Waals surface area contributed by atoms with E-state index < -0.39 is 0 Å². The second-order valence-corrected chi connectivity index (χ2v) is 4.95. The Labute approximate surface area is 128 Å². The lowest BCUT2D eigenvalue weighted by Crippen LogP contribution is -1.92. The molecule has 0 fully saturated rings. The molecule has 106 valence electrons. The first-order valence-electron chi connectivity index (χ1n) is 6.50. The summed E-state index contributed by atoms with van der Waals surface area (Å²) in [5.41, 5.74) is 2.71. The van der Waals surface area contributed by atoms with E-state index in [2.05, 4.69) is 4.98 Å². The van der Waals surface area contributed by atoms with E-state index in [1.54, 1.807) is 14.2 Å². The van der Waals surface area contributed by atoms with Gasteiger partial charge in [-0.05, 0) is 17.7 Å². The molecule has 0 atom stereocenters. The van der Waals surface area contributed by atoms with Gasteiger partial charge >= 0.3 is 0 Å². The Kier molecular flexibility index (Phi) is 3.67. The van der Waals surface area contributed by atoms with Crippen molar-refractivity contribution in [1.29, 1.82) is 0 Å². The number of hydrogen-bond donors (Lipinski definition) is 0. The molecule has 4 heteroatoms. The molecule has 3 nitrogen and oxygen atoms in total. The zero-order valence-electron chi connectivity index (χ0n) is 11.8. The summed E-state index contributed by atoms with van der Waals surface area (Å²) in [7, 11) is 3.22. The smallest absolute Gasteiger partial charge is 0.162 e. The van der Waals surface area contributed by atoms with Gasteiger partial charge in [0.1, 0.15) is 5.15 Å². The summed E-state index contributed by atoms with van der Waals surface area (Å²) in [6, 6.07) is 15.7. The number of pyridine rings is 1. The molecule has 0 unspecified atom stereocenters. The van der Waals surface area contributed by atoms with Gasteiger partial charge < -0.3 is 9.47 Å². The lowest BCUT2D eigenvalue weighted by molar-refractivity contribution is 0.356. The van der Waals surface area contributed by atoms with Crippen LogP contribution in [-0.2, 0) is 0 Å². The standard InChI is InChI=1S/C17H14ClNO2/c1-20-15-9-12-8-13(11-6-4-3-5-7-11)17(18)19-14(12)10-16(15)21-2/h3-10H,1-2H3. The Morgan fingerprint density at radius 1 is 0.905 bits per heavy atom.